The molecule has 2 heteroatoms. The summed E-state index contributed by atoms with van der Waals surface area (Å²) < 4.78 is 0. The number of nitrogens with two attached hydrogens (primary N) is 1. The second kappa shape index (κ2) is 4.63. The molecule has 82 valence electrons. The molecule has 1 saturated heterocycles. The standard InChI is InChI=1S/C12H24N2/c1-14-8-11(9-14)12(7-13)10-5-3-2-4-6-10/h10-12H,2-9,13H2,1H3. The number of nitrogens with zero attached hydrogens (tertiary/aromatic N) is 1. The summed E-state index contributed by atoms with van der Waals surface area (Å²) in [4.78, 5) is 2.41. The van der Waals surface area contributed by atoms with Crippen LogP contribution in [-0.4, -0.2) is 31.6 Å². The van der Waals surface area contributed by atoms with E-state index in [0.29, 0.717) is 0 Å². The Morgan fingerprint density at radius 1 is 1.14 bits per heavy atom. The SMILES string of the molecule is CN1CC(C(CN)C2CCCCC2)C1. The summed E-state index contributed by atoms with van der Waals surface area (Å²) >= 11 is 0. The fourth-order valence-corrected chi connectivity index (χ4v) is 3.35. The molecule has 0 aromatic carbocycles. The smallest absolute Gasteiger partial charge is 0.00222 e. The van der Waals surface area contributed by atoms with Gasteiger partial charge >= 0.3 is 0 Å². The van der Waals surface area contributed by atoms with Crippen LogP contribution in [0.3, 0.4) is 0 Å². The summed E-state index contributed by atoms with van der Waals surface area (Å²) in [6, 6.07) is 0. The Hall–Kier alpha value is -0.0800. The molecule has 1 aliphatic carbocycles. The lowest BCUT2D eigenvalue weighted by Crippen LogP contribution is -2.51. The molecule has 0 spiro atoms. The average molecular weight is 196 g/mol. The molecular weight excluding hydrogens is 172 g/mol. The lowest BCUT2D eigenvalue weighted by Gasteiger charge is -2.44. The molecular formula is C12H24N2. The zero-order chi connectivity index (χ0) is 9.97. The molecule has 2 fully saturated rings. The van der Waals surface area contributed by atoms with E-state index in [1.54, 1.807) is 0 Å². The third kappa shape index (κ3) is 2.12. The van der Waals surface area contributed by atoms with Gasteiger partial charge in [-0.3, -0.25) is 0 Å². The Balaban J connectivity index is 1.85. The maximum atomic E-state index is 5.94. The molecule has 1 aliphatic heterocycles. The van der Waals surface area contributed by atoms with Crippen LogP contribution < -0.4 is 5.73 Å². The van der Waals surface area contributed by atoms with Crippen LogP contribution in [0.4, 0.5) is 0 Å². The summed E-state index contributed by atoms with van der Waals surface area (Å²) in [5.41, 5.74) is 5.94. The van der Waals surface area contributed by atoms with Gasteiger partial charge in [0.15, 0.2) is 0 Å². The molecule has 14 heavy (non-hydrogen) atoms. The fraction of sp³-hybridized carbons (Fsp3) is 1.00. The lowest BCUT2D eigenvalue weighted by molar-refractivity contribution is 0.0477. The minimum absolute atomic E-state index is 0.825. The third-order valence-corrected chi connectivity index (χ3v) is 4.23. The van der Waals surface area contributed by atoms with Crippen molar-refractivity contribution in [3.8, 4) is 0 Å². The van der Waals surface area contributed by atoms with Gasteiger partial charge in [-0.2, -0.15) is 0 Å². The highest BCUT2D eigenvalue weighted by molar-refractivity contribution is 4.88. The van der Waals surface area contributed by atoms with E-state index in [1.165, 1.54) is 45.2 Å². The van der Waals surface area contributed by atoms with Gasteiger partial charge in [0.05, 0.1) is 0 Å². The second-order valence-electron chi connectivity index (χ2n) is 5.28. The van der Waals surface area contributed by atoms with Gasteiger partial charge in [0, 0.05) is 13.1 Å². The van der Waals surface area contributed by atoms with Crippen LogP contribution in [-0.2, 0) is 0 Å². The minimum atomic E-state index is 0.825. The van der Waals surface area contributed by atoms with Gasteiger partial charge in [-0.05, 0) is 31.3 Å². The van der Waals surface area contributed by atoms with E-state index in [-0.39, 0.29) is 0 Å². The van der Waals surface area contributed by atoms with Gasteiger partial charge in [0.1, 0.15) is 0 Å². The van der Waals surface area contributed by atoms with Gasteiger partial charge in [-0.15, -0.1) is 0 Å². The summed E-state index contributed by atoms with van der Waals surface area (Å²) in [6.07, 6.45) is 7.25. The van der Waals surface area contributed by atoms with Gasteiger partial charge in [-0.1, -0.05) is 32.1 Å². The van der Waals surface area contributed by atoms with Gasteiger partial charge in [0.25, 0.3) is 0 Å². The van der Waals surface area contributed by atoms with Crippen molar-refractivity contribution in [2.24, 2.45) is 23.5 Å². The monoisotopic (exact) mass is 196 g/mol. The molecule has 2 rings (SSSR count). The van der Waals surface area contributed by atoms with Crippen molar-refractivity contribution < 1.29 is 0 Å². The van der Waals surface area contributed by atoms with E-state index in [2.05, 4.69) is 11.9 Å². The molecule has 2 aliphatic rings. The molecule has 0 radical (unpaired) electrons. The zero-order valence-corrected chi connectivity index (χ0v) is 9.41. The van der Waals surface area contributed by atoms with Crippen molar-refractivity contribution >= 4 is 0 Å². The first-order valence-electron chi connectivity index (χ1n) is 6.20. The highest BCUT2D eigenvalue weighted by Gasteiger charge is 2.35. The molecule has 1 saturated carbocycles. The van der Waals surface area contributed by atoms with Crippen molar-refractivity contribution in [2.45, 2.75) is 32.1 Å². The van der Waals surface area contributed by atoms with E-state index in [4.69, 9.17) is 5.73 Å². The van der Waals surface area contributed by atoms with Crippen LogP contribution in [0.15, 0.2) is 0 Å². The topological polar surface area (TPSA) is 29.3 Å². The summed E-state index contributed by atoms with van der Waals surface area (Å²) in [7, 11) is 2.21. The Bertz CT molecular complexity index is 169. The number of hydrogen-bond acceptors (Lipinski definition) is 2. The maximum Gasteiger partial charge on any atom is 0.00222 e. The number of rotatable bonds is 3. The fourth-order valence-electron chi connectivity index (χ4n) is 3.35. The van der Waals surface area contributed by atoms with Crippen molar-refractivity contribution in [3.63, 3.8) is 0 Å². The number of hydrogen-bond donors (Lipinski definition) is 1. The van der Waals surface area contributed by atoms with Crippen molar-refractivity contribution in [1.29, 1.82) is 0 Å². The number of likely N-dealkylation sites (tertiary alicyclic amines) is 1. The summed E-state index contributed by atoms with van der Waals surface area (Å²) in [5, 5.41) is 0. The van der Waals surface area contributed by atoms with Gasteiger partial charge in [0.2, 0.25) is 0 Å². The van der Waals surface area contributed by atoms with Crippen molar-refractivity contribution in [2.75, 3.05) is 26.7 Å². The highest BCUT2D eigenvalue weighted by Crippen LogP contribution is 2.36. The molecule has 0 amide bonds. The Morgan fingerprint density at radius 2 is 1.79 bits per heavy atom. The first-order chi connectivity index (χ1) is 6.81. The minimum Gasteiger partial charge on any atom is -0.330 e. The molecule has 1 heterocycles. The van der Waals surface area contributed by atoms with Crippen LogP contribution in [0, 0.1) is 17.8 Å². The van der Waals surface area contributed by atoms with Gasteiger partial charge in [-0.25, -0.2) is 0 Å². The second-order valence-corrected chi connectivity index (χ2v) is 5.28. The Labute approximate surface area is 87.8 Å². The van der Waals surface area contributed by atoms with Crippen molar-refractivity contribution in [3.05, 3.63) is 0 Å². The van der Waals surface area contributed by atoms with E-state index >= 15 is 0 Å². The van der Waals surface area contributed by atoms with E-state index < -0.39 is 0 Å². The van der Waals surface area contributed by atoms with Gasteiger partial charge < -0.3 is 10.6 Å². The molecule has 1 unspecified atom stereocenters. The van der Waals surface area contributed by atoms with Crippen molar-refractivity contribution in [1.82, 2.24) is 4.90 Å². The average Bonchev–Trinajstić information content (AvgIpc) is 2.18. The normalized spacial score (nSPS) is 28.7. The molecule has 0 aromatic rings. The third-order valence-electron chi connectivity index (χ3n) is 4.23. The van der Waals surface area contributed by atoms with Crippen LogP contribution in [0.5, 0.6) is 0 Å². The largest absolute Gasteiger partial charge is 0.330 e. The molecule has 2 N–H and O–H groups in total. The summed E-state index contributed by atoms with van der Waals surface area (Å²) in [6.45, 7) is 3.50. The first-order valence-corrected chi connectivity index (χ1v) is 6.20. The van der Waals surface area contributed by atoms with Crippen LogP contribution in [0.2, 0.25) is 0 Å². The Morgan fingerprint density at radius 3 is 2.29 bits per heavy atom. The van der Waals surface area contributed by atoms with Crippen LogP contribution >= 0.6 is 0 Å². The lowest BCUT2D eigenvalue weighted by atomic mass is 9.72. The van der Waals surface area contributed by atoms with E-state index in [9.17, 15) is 0 Å². The first kappa shape index (κ1) is 10.4. The zero-order valence-electron chi connectivity index (χ0n) is 9.41. The maximum absolute atomic E-state index is 5.94. The Kier molecular flexibility index (Phi) is 3.45. The predicted molar refractivity (Wildman–Crippen MR) is 60.1 cm³/mol. The van der Waals surface area contributed by atoms with E-state index in [0.717, 1.165) is 24.3 Å². The summed E-state index contributed by atoms with van der Waals surface area (Å²) in [5.74, 6) is 2.69. The van der Waals surface area contributed by atoms with E-state index in [1.807, 2.05) is 0 Å². The molecule has 2 nitrogen and oxygen atoms in total. The predicted octanol–water partition coefficient (Wildman–Crippen LogP) is 1.70. The highest BCUT2D eigenvalue weighted by atomic mass is 15.2. The van der Waals surface area contributed by atoms with Crippen LogP contribution in [0.25, 0.3) is 0 Å². The quantitative estimate of drug-likeness (QED) is 0.744. The molecule has 0 aromatic heterocycles. The molecule has 0 bridgehead atoms. The van der Waals surface area contributed by atoms with Crippen LogP contribution in [0.1, 0.15) is 32.1 Å². The molecule has 1 atom stereocenters.